The maximum Gasteiger partial charge on any atom is 0.437 e. The normalized spacial score (nSPS) is 25.6. The first kappa shape index (κ1) is 20.7. The number of carbonyl (C=O) groups excluding carboxylic acids is 2. The van der Waals surface area contributed by atoms with E-state index in [1.807, 2.05) is 0 Å². The Morgan fingerprint density at radius 1 is 1.30 bits per heavy atom. The molecule has 1 saturated heterocycles. The number of hydrogen-bond acceptors (Lipinski definition) is 5. The molecule has 2 rings (SSSR count). The minimum absolute atomic E-state index is 0.0628. The van der Waals surface area contributed by atoms with Crippen molar-refractivity contribution in [3.05, 3.63) is 29.8 Å². The Balaban J connectivity index is 2.47. The van der Waals surface area contributed by atoms with Crippen LogP contribution in [-0.2, 0) is 9.53 Å². The number of alkyl halides is 5. The zero-order valence-electron chi connectivity index (χ0n) is 13.7. The Kier molecular flexibility index (Phi) is 5.78. The molecular weight excluding hydrogens is 383 g/mol. The van der Waals surface area contributed by atoms with E-state index in [0.29, 0.717) is 0 Å². The van der Waals surface area contributed by atoms with Crippen LogP contribution in [0.5, 0.6) is 5.75 Å². The summed E-state index contributed by atoms with van der Waals surface area (Å²) < 4.78 is 73.5. The zero-order chi connectivity index (χ0) is 20.4. The molecule has 0 aromatic heterocycles. The van der Waals surface area contributed by atoms with E-state index < -0.39 is 42.5 Å². The third kappa shape index (κ3) is 4.21. The van der Waals surface area contributed by atoms with E-state index in [-0.39, 0.29) is 17.9 Å². The van der Waals surface area contributed by atoms with Gasteiger partial charge in [-0.1, -0.05) is 12.1 Å². The van der Waals surface area contributed by atoms with Gasteiger partial charge in [0, 0.05) is 0 Å². The van der Waals surface area contributed by atoms with E-state index >= 15 is 0 Å². The first-order valence-electron chi connectivity index (χ1n) is 7.58. The van der Waals surface area contributed by atoms with Gasteiger partial charge < -0.3 is 25.2 Å². The third-order valence-corrected chi connectivity index (χ3v) is 3.81. The molecule has 0 bridgehead atoms. The molecule has 0 aliphatic carbocycles. The molecular formula is C15H15F5N2O5. The summed E-state index contributed by atoms with van der Waals surface area (Å²) in [5, 5.41) is 13.5. The fourth-order valence-corrected chi connectivity index (χ4v) is 2.67. The predicted molar refractivity (Wildman–Crippen MR) is 78.6 cm³/mol. The lowest BCUT2D eigenvalue weighted by molar-refractivity contribution is -0.294. The summed E-state index contributed by atoms with van der Waals surface area (Å²) in [6, 6.07) is 1.17. The van der Waals surface area contributed by atoms with Crippen LogP contribution in [0.15, 0.2) is 24.3 Å². The van der Waals surface area contributed by atoms with E-state index in [1.54, 1.807) is 0 Å². The smallest absolute Gasteiger partial charge is 0.437 e. The Hall–Kier alpha value is -2.63. The summed E-state index contributed by atoms with van der Waals surface area (Å²) in [4.78, 5) is 23.9. The molecule has 0 spiro atoms. The molecule has 1 fully saturated rings. The molecule has 3 atom stereocenters. The van der Waals surface area contributed by atoms with E-state index in [1.165, 1.54) is 12.2 Å². The van der Waals surface area contributed by atoms with Crippen LogP contribution < -0.4 is 15.4 Å². The highest BCUT2D eigenvalue weighted by molar-refractivity contribution is 5.83. The van der Waals surface area contributed by atoms with E-state index in [4.69, 9.17) is 0 Å². The summed E-state index contributed by atoms with van der Waals surface area (Å²) in [7, 11) is 0. The van der Waals surface area contributed by atoms with Gasteiger partial charge in [-0.2, -0.15) is 22.0 Å². The Bertz CT molecular complexity index is 697. The number of hydrogen-bond donors (Lipinski definition) is 3. The van der Waals surface area contributed by atoms with Gasteiger partial charge in [-0.05, 0) is 24.6 Å². The van der Waals surface area contributed by atoms with E-state index in [2.05, 4.69) is 14.8 Å². The van der Waals surface area contributed by atoms with Crippen LogP contribution in [0.4, 0.5) is 26.7 Å². The lowest BCUT2D eigenvalue weighted by atomic mass is 9.82. The van der Waals surface area contributed by atoms with Gasteiger partial charge in [0.2, 0.25) is 0 Å². The van der Waals surface area contributed by atoms with Gasteiger partial charge >= 0.3 is 24.8 Å². The van der Waals surface area contributed by atoms with Crippen LogP contribution in [0.3, 0.4) is 0 Å². The Morgan fingerprint density at radius 3 is 2.37 bits per heavy atom. The minimum Gasteiger partial charge on any atom is -0.466 e. The van der Waals surface area contributed by atoms with Crippen LogP contribution in [0.25, 0.3) is 0 Å². The molecule has 150 valence electrons. The Labute approximate surface area is 149 Å². The number of benzene rings is 1. The summed E-state index contributed by atoms with van der Waals surface area (Å²) in [5.41, 5.74) is -3.96. The number of urea groups is 1. The Morgan fingerprint density at radius 2 is 1.89 bits per heavy atom. The molecule has 0 unspecified atom stereocenters. The number of amides is 2. The molecule has 0 saturated carbocycles. The highest BCUT2D eigenvalue weighted by Crippen LogP contribution is 2.43. The maximum absolute atomic E-state index is 13.4. The molecule has 0 radical (unpaired) electrons. The minimum atomic E-state index is -5.40. The van der Waals surface area contributed by atoms with Gasteiger partial charge in [0.25, 0.3) is 5.72 Å². The summed E-state index contributed by atoms with van der Waals surface area (Å²) in [6.07, 6.45) is -5.40. The summed E-state index contributed by atoms with van der Waals surface area (Å²) in [5.74, 6) is -3.99. The summed E-state index contributed by atoms with van der Waals surface area (Å²) >= 11 is 0. The van der Waals surface area contributed by atoms with Crippen molar-refractivity contribution in [1.29, 1.82) is 0 Å². The number of esters is 1. The van der Waals surface area contributed by atoms with Crippen LogP contribution in [-0.4, -0.2) is 42.2 Å². The van der Waals surface area contributed by atoms with Crippen LogP contribution >= 0.6 is 0 Å². The number of nitrogens with one attached hydrogen (secondary N) is 2. The molecule has 12 heteroatoms. The van der Waals surface area contributed by atoms with Gasteiger partial charge in [-0.25, -0.2) is 4.79 Å². The number of aliphatic hydroxyl groups is 1. The molecule has 27 heavy (non-hydrogen) atoms. The fraction of sp³-hybridized carbons (Fsp3) is 0.467. The van der Waals surface area contributed by atoms with E-state index in [0.717, 1.165) is 24.3 Å². The SMILES string of the molecule is CCOC(=O)[C@@H]1[C@H](c2ccc(OC(F)F)cc2)NC(=O)N[C@]1(O)C(F)(F)F. The summed E-state index contributed by atoms with van der Waals surface area (Å²) in [6.45, 7) is -2.03. The van der Waals surface area contributed by atoms with Gasteiger partial charge in [0.1, 0.15) is 11.7 Å². The zero-order valence-corrected chi connectivity index (χ0v) is 13.7. The molecule has 1 aromatic rings. The largest absolute Gasteiger partial charge is 0.466 e. The number of rotatable bonds is 5. The van der Waals surface area contributed by atoms with Crippen molar-refractivity contribution in [2.45, 2.75) is 31.5 Å². The van der Waals surface area contributed by atoms with Crippen molar-refractivity contribution in [2.24, 2.45) is 5.92 Å². The molecule has 1 aromatic carbocycles. The number of ether oxygens (including phenoxy) is 2. The first-order valence-corrected chi connectivity index (χ1v) is 7.58. The lowest BCUT2D eigenvalue weighted by Gasteiger charge is -2.44. The van der Waals surface area contributed by atoms with Gasteiger partial charge in [-0.15, -0.1) is 0 Å². The monoisotopic (exact) mass is 398 g/mol. The first-order chi connectivity index (χ1) is 12.5. The van der Waals surface area contributed by atoms with Crippen LogP contribution in [0.2, 0.25) is 0 Å². The average molecular weight is 398 g/mol. The topological polar surface area (TPSA) is 96.9 Å². The highest BCUT2D eigenvalue weighted by Gasteiger charge is 2.67. The molecule has 7 nitrogen and oxygen atoms in total. The highest BCUT2D eigenvalue weighted by atomic mass is 19.4. The molecule has 1 aliphatic heterocycles. The van der Waals surface area contributed by atoms with Crippen molar-refractivity contribution in [1.82, 2.24) is 10.6 Å². The van der Waals surface area contributed by atoms with Crippen molar-refractivity contribution in [3.63, 3.8) is 0 Å². The second-order valence-electron chi connectivity index (χ2n) is 5.52. The number of carbonyl (C=O) groups is 2. The van der Waals surface area contributed by atoms with Gasteiger partial charge in [-0.3, -0.25) is 4.79 Å². The van der Waals surface area contributed by atoms with Crippen molar-refractivity contribution >= 4 is 12.0 Å². The standard InChI is InChI=1S/C15H15F5N2O5/c1-2-26-11(23)9-10(7-3-5-8(6-4-7)27-12(16)17)21-13(24)22-14(9,25)15(18,19)20/h3-6,9-10,12,25H,2H2,1H3,(H2,21,22,24)/t9-,10-,14+/m0/s1. The van der Waals surface area contributed by atoms with Gasteiger partial charge in [0.05, 0.1) is 12.6 Å². The van der Waals surface area contributed by atoms with Crippen molar-refractivity contribution in [2.75, 3.05) is 6.61 Å². The third-order valence-electron chi connectivity index (χ3n) is 3.81. The second-order valence-corrected chi connectivity index (χ2v) is 5.52. The average Bonchev–Trinajstić information content (AvgIpc) is 2.53. The molecule has 3 N–H and O–H groups in total. The molecule has 2 amide bonds. The van der Waals surface area contributed by atoms with Crippen molar-refractivity contribution in [3.8, 4) is 5.75 Å². The van der Waals surface area contributed by atoms with Gasteiger partial charge in [0.15, 0.2) is 0 Å². The quantitative estimate of drug-likeness (QED) is 0.521. The second kappa shape index (κ2) is 7.55. The fourth-order valence-electron chi connectivity index (χ4n) is 2.67. The molecule has 1 heterocycles. The predicted octanol–water partition coefficient (Wildman–Crippen LogP) is 2.07. The van der Waals surface area contributed by atoms with Crippen LogP contribution in [0.1, 0.15) is 18.5 Å². The number of halogens is 5. The maximum atomic E-state index is 13.4. The molecule has 1 aliphatic rings. The lowest BCUT2D eigenvalue weighted by Crippen LogP contribution is -2.73. The van der Waals surface area contributed by atoms with Crippen LogP contribution in [0, 0.1) is 5.92 Å². The van der Waals surface area contributed by atoms with E-state index in [9.17, 15) is 36.6 Å². The van der Waals surface area contributed by atoms with Crippen molar-refractivity contribution < 1.29 is 46.1 Å².